The molecule has 0 saturated heterocycles. The van der Waals surface area contributed by atoms with Crippen molar-refractivity contribution in [2.75, 3.05) is 11.9 Å². The molecule has 0 unspecified atom stereocenters. The Morgan fingerprint density at radius 1 is 1.15 bits per heavy atom. The average Bonchev–Trinajstić information content (AvgIpc) is 2.41. The van der Waals surface area contributed by atoms with Crippen molar-refractivity contribution in [1.82, 2.24) is 0 Å². The van der Waals surface area contributed by atoms with E-state index < -0.39 is 5.82 Å². The normalized spacial score (nSPS) is 10.3. The molecule has 2 aromatic carbocycles. The van der Waals surface area contributed by atoms with Gasteiger partial charge in [-0.1, -0.05) is 24.4 Å². The lowest BCUT2D eigenvalue weighted by molar-refractivity contribution is 0.605. The predicted molar refractivity (Wildman–Crippen MR) is 80.8 cm³/mol. The van der Waals surface area contributed by atoms with Crippen LogP contribution in [0.5, 0.6) is 0 Å². The van der Waals surface area contributed by atoms with Crippen LogP contribution in [0.25, 0.3) is 0 Å². The zero-order valence-electron chi connectivity index (χ0n) is 10.9. The minimum absolute atomic E-state index is 0.0359. The van der Waals surface area contributed by atoms with E-state index >= 15 is 0 Å². The summed E-state index contributed by atoms with van der Waals surface area (Å²) >= 11 is 4.81. The van der Waals surface area contributed by atoms with Gasteiger partial charge in [0.2, 0.25) is 0 Å². The van der Waals surface area contributed by atoms with Gasteiger partial charge in [-0.05, 0) is 30.3 Å². The molecule has 0 aliphatic heterocycles. The molecule has 2 nitrogen and oxygen atoms in total. The Kier molecular flexibility index (Phi) is 4.29. The number of thiocarbonyl (C=S) groups is 1. The van der Waals surface area contributed by atoms with Crippen LogP contribution in [-0.2, 0) is 6.54 Å². The van der Waals surface area contributed by atoms with E-state index in [0.717, 1.165) is 5.69 Å². The fourth-order valence-electron chi connectivity index (χ4n) is 1.93. The Bertz CT molecular complexity index is 626. The number of halogens is 2. The van der Waals surface area contributed by atoms with E-state index in [2.05, 4.69) is 0 Å². The summed E-state index contributed by atoms with van der Waals surface area (Å²) in [6, 6.07) is 11.0. The number of hydrogen-bond acceptors (Lipinski definition) is 2. The maximum atomic E-state index is 14.2. The van der Waals surface area contributed by atoms with Crippen molar-refractivity contribution in [3.63, 3.8) is 0 Å². The van der Waals surface area contributed by atoms with E-state index in [-0.39, 0.29) is 16.4 Å². The molecule has 104 valence electrons. The zero-order chi connectivity index (χ0) is 14.7. The monoisotopic (exact) mass is 292 g/mol. The molecule has 20 heavy (non-hydrogen) atoms. The third-order valence-electron chi connectivity index (χ3n) is 3.02. The second-order valence-corrected chi connectivity index (χ2v) is 4.92. The van der Waals surface area contributed by atoms with Gasteiger partial charge in [-0.25, -0.2) is 8.78 Å². The second kappa shape index (κ2) is 5.96. The summed E-state index contributed by atoms with van der Waals surface area (Å²) in [5, 5.41) is 0. The van der Waals surface area contributed by atoms with Crippen molar-refractivity contribution in [2.24, 2.45) is 5.73 Å². The van der Waals surface area contributed by atoms with Crippen LogP contribution < -0.4 is 10.6 Å². The largest absolute Gasteiger partial charge is 0.389 e. The SMILES string of the molecule is CN(Cc1cccc(C(N)=S)c1F)c1ccc(F)cc1. The third-order valence-corrected chi connectivity index (χ3v) is 3.24. The molecule has 0 aliphatic rings. The molecular formula is C15H14F2N2S. The van der Waals surface area contributed by atoms with E-state index in [4.69, 9.17) is 18.0 Å². The molecule has 0 spiro atoms. The van der Waals surface area contributed by atoms with Crippen molar-refractivity contribution in [3.8, 4) is 0 Å². The van der Waals surface area contributed by atoms with Crippen LogP contribution in [-0.4, -0.2) is 12.0 Å². The summed E-state index contributed by atoms with van der Waals surface area (Å²) in [7, 11) is 1.81. The Balaban J connectivity index is 2.23. The smallest absolute Gasteiger partial charge is 0.138 e. The second-order valence-electron chi connectivity index (χ2n) is 4.48. The van der Waals surface area contributed by atoms with E-state index in [1.807, 2.05) is 4.90 Å². The van der Waals surface area contributed by atoms with Gasteiger partial charge in [-0.2, -0.15) is 0 Å². The van der Waals surface area contributed by atoms with E-state index in [9.17, 15) is 8.78 Å². The lowest BCUT2D eigenvalue weighted by Crippen LogP contribution is -2.19. The minimum Gasteiger partial charge on any atom is -0.389 e. The summed E-state index contributed by atoms with van der Waals surface area (Å²) in [4.78, 5) is 1.86. The Morgan fingerprint density at radius 3 is 2.40 bits per heavy atom. The van der Waals surface area contributed by atoms with E-state index in [1.54, 1.807) is 37.4 Å². The maximum absolute atomic E-state index is 14.2. The Labute approximate surface area is 121 Å². The summed E-state index contributed by atoms with van der Waals surface area (Å²) in [5.41, 5.74) is 7.00. The topological polar surface area (TPSA) is 29.3 Å². The molecule has 0 atom stereocenters. The molecule has 0 aliphatic carbocycles. The van der Waals surface area contributed by atoms with Gasteiger partial charge >= 0.3 is 0 Å². The standard InChI is InChI=1S/C15H14F2N2S/c1-19(12-7-5-11(16)6-8-12)9-10-3-2-4-13(14(10)17)15(18)20/h2-8H,9H2,1H3,(H2,18,20). The van der Waals surface area contributed by atoms with Crippen molar-refractivity contribution < 1.29 is 8.78 Å². The first kappa shape index (κ1) is 14.4. The molecule has 0 heterocycles. The maximum Gasteiger partial charge on any atom is 0.138 e. The summed E-state index contributed by atoms with van der Waals surface area (Å²) in [6.07, 6.45) is 0. The fraction of sp³-hybridized carbons (Fsp3) is 0.133. The van der Waals surface area contributed by atoms with Gasteiger partial charge in [0, 0.05) is 30.4 Å². The first-order valence-corrected chi connectivity index (χ1v) is 6.43. The number of rotatable bonds is 4. The van der Waals surface area contributed by atoms with Crippen molar-refractivity contribution >= 4 is 22.9 Å². The highest BCUT2D eigenvalue weighted by atomic mass is 32.1. The highest BCUT2D eigenvalue weighted by molar-refractivity contribution is 7.80. The van der Waals surface area contributed by atoms with Gasteiger partial charge in [0.15, 0.2) is 0 Å². The Hall–Kier alpha value is -2.01. The quantitative estimate of drug-likeness (QED) is 0.877. The van der Waals surface area contributed by atoms with E-state index in [1.165, 1.54) is 12.1 Å². The molecular weight excluding hydrogens is 278 g/mol. The van der Waals surface area contributed by atoms with Gasteiger partial charge in [-0.15, -0.1) is 0 Å². The van der Waals surface area contributed by atoms with Crippen LogP contribution in [0.2, 0.25) is 0 Å². The Morgan fingerprint density at radius 2 is 1.80 bits per heavy atom. The van der Waals surface area contributed by atoms with Gasteiger partial charge < -0.3 is 10.6 Å². The number of nitrogens with two attached hydrogens (primary N) is 1. The summed E-state index contributed by atoms with van der Waals surface area (Å²) < 4.78 is 27.1. The molecule has 0 aromatic heterocycles. The van der Waals surface area contributed by atoms with Gasteiger partial charge in [-0.3, -0.25) is 0 Å². The first-order valence-electron chi connectivity index (χ1n) is 6.03. The van der Waals surface area contributed by atoms with Crippen LogP contribution in [0.15, 0.2) is 42.5 Å². The lowest BCUT2D eigenvalue weighted by atomic mass is 10.1. The van der Waals surface area contributed by atoms with Crippen LogP contribution in [0, 0.1) is 11.6 Å². The first-order chi connectivity index (χ1) is 9.49. The van der Waals surface area contributed by atoms with Gasteiger partial charge in [0.1, 0.15) is 16.6 Å². The summed E-state index contributed by atoms with van der Waals surface area (Å²) in [6.45, 7) is 0.341. The molecule has 0 radical (unpaired) electrons. The van der Waals surface area contributed by atoms with Gasteiger partial charge in [0.05, 0.1) is 0 Å². The highest BCUT2D eigenvalue weighted by Gasteiger charge is 2.12. The number of hydrogen-bond donors (Lipinski definition) is 1. The minimum atomic E-state index is -0.408. The van der Waals surface area contributed by atoms with Crippen LogP contribution in [0.1, 0.15) is 11.1 Å². The molecule has 0 fully saturated rings. The molecule has 2 N–H and O–H groups in total. The molecule has 5 heteroatoms. The molecule has 2 rings (SSSR count). The highest BCUT2D eigenvalue weighted by Crippen LogP contribution is 2.19. The van der Waals surface area contributed by atoms with Gasteiger partial charge in [0.25, 0.3) is 0 Å². The molecule has 0 saturated carbocycles. The van der Waals surface area contributed by atoms with Crippen LogP contribution in [0.3, 0.4) is 0 Å². The van der Waals surface area contributed by atoms with Crippen molar-refractivity contribution in [2.45, 2.75) is 6.54 Å². The van der Waals surface area contributed by atoms with Crippen LogP contribution >= 0.6 is 12.2 Å². The molecule has 0 bridgehead atoms. The number of anilines is 1. The third kappa shape index (κ3) is 3.11. The van der Waals surface area contributed by atoms with Crippen LogP contribution in [0.4, 0.5) is 14.5 Å². The number of benzene rings is 2. The molecule has 2 aromatic rings. The molecule has 0 amide bonds. The zero-order valence-corrected chi connectivity index (χ0v) is 11.8. The van der Waals surface area contributed by atoms with Crippen molar-refractivity contribution in [1.29, 1.82) is 0 Å². The van der Waals surface area contributed by atoms with E-state index in [0.29, 0.717) is 12.1 Å². The average molecular weight is 292 g/mol. The predicted octanol–water partition coefficient (Wildman–Crippen LogP) is 3.24. The summed E-state index contributed by atoms with van der Waals surface area (Å²) in [5.74, 6) is -0.710. The fourth-order valence-corrected chi connectivity index (χ4v) is 2.09. The lowest BCUT2D eigenvalue weighted by Gasteiger charge is -2.20. The number of nitrogens with zero attached hydrogens (tertiary/aromatic N) is 1. The van der Waals surface area contributed by atoms with Crippen molar-refractivity contribution in [3.05, 3.63) is 65.2 Å².